The van der Waals surface area contributed by atoms with E-state index in [1.807, 2.05) is 25.1 Å². The normalized spacial score (nSPS) is 19.8. The molecule has 2 aliphatic heterocycles. The van der Waals surface area contributed by atoms with E-state index in [-0.39, 0.29) is 36.2 Å². The first-order valence-electron chi connectivity index (χ1n) is 12.7. The summed E-state index contributed by atoms with van der Waals surface area (Å²) in [7, 11) is 1.64. The molecule has 1 aromatic rings. The van der Waals surface area contributed by atoms with Gasteiger partial charge in [0.1, 0.15) is 5.75 Å². The number of benzene rings is 1. The molecule has 1 saturated heterocycles. The number of amides is 3. The van der Waals surface area contributed by atoms with E-state index in [1.165, 1.54) is 0 Å². The van der Waals surface area contributed by atoms with Crippen molar-refractivity contribution in [3.05, 3.63) is 18.2 Å². The van der Waals surface area contributed by atoms with Crippen LogP contribution in [0.2, 0.25) is 0 Å². The number of methoxy groups -OCH3 is 1. The van der Waals surface area contributed by atoms with E-state index in [1.54, 1.807) is 16.9 Å². The number of ether oxygens (including phenoxy) is 2. The third-order valence-corrected chi connectivity index (χ3v) is 6.60. The molecule has 1 fully saturated rings. The van der Waals surface area contributed by atoms with Crippen molar-refractivity contribution in [1.82, 2.24) is 10.6 Å². The fourth-order valence-corrected chi connectivity index (χ4v) is 4.61. The summed E-state index contributed by atoms with van der Waals surface area (Å²) in [6.45, 7) is 9.53. The monoisotopic (exact) mass is 488 g/mol. The Bertz CT molecular complexity index is 890. The van der Waals surface area contributed by atoms with Gasteiger partial charge in [-0.3, -0.25) is 14.4 Å². The largest absolute Gasteiger partial charge is 0.482 e. The first-order chi connectivity index (χ1) is 16.8. The van der Waals surface area contributed by atoms with Gasteiger partial charge in [0.15, 0.2) is 6.61 Å². The highest BCUT2D eigenvalue weighted by Crippen LogP contribution is 2.36. The van der Waals surface area contributed by atoms with E-state index >= 15 is 0 Å². The number of carbonyl (C=O) groups is 3. The van der Waals surface area contributed by atoms with Crippen LogP contribution in [0.1, 0.15) is 40.0 Å². The quantitative estimate of drug-likeness (QED) is 0.463. The van der Waals surface area contributed by atoms with Crippen LogP contribution in [0, 0.1) is 17.8 Å². The van der Waals surface area contributed by atoms with Crippen molar-refractivity contribution in [2.75, 3.05) is 62.8 Å². The first kappa shape index (κ1) is 26.9. The second kappa shape index (κ2) is 12.9. The lowest BCUT2D eigenvalue weighted by atomic mass is 9.88. The molecule has 35 heavy (non-hydrogen) atoms. The van der Waals surface area contributed by atoms with Gasteiger partial charge in [0.2, 0.25) is 11.8 Å². The summed E-state index contributed by atoms with van der Waals surface area (Å²) in [5, 5.41) is 6.29. The Morgan fingerprint density at radius 3 is 2.77 bits per heavy atom. The summed E-state index contributed by atoms with van der Waals surface area (Å²) in [6.07, 6.45) is 2.16. The van der Waals surface area contributed by atoms with E-state index < -0.39 is 0 Å². The Labute approximate surface area is 208 Å². The smallest absolute Gasteiger partial charge is 0.265 e. The molecule has 9 heteroatoms. The second-order valence-electron chi connectivity index (χ2n) is 9.68. The Morgan fingerprint density at radius 1 is 1.29 bits per heavy atom. The average Bonchev–Trinajstić information content (AvgIpc) is 2.85. The topological polar surface area (TPSA) is 100 Å². The van der Waals surface area contributed by atoms with E-state index in [0.717, 1.165) is 12.1 Å². The maximum absolute atomic E-state index is 13.6. The lowest BCUT2D eigenvalue weighted by molar-refractivity contribution is -0.128. The molecular weight excluding hydrogens is 448 g/mol. The highest BCUT2D eigenvalue weighted by atomic mass is 16.5. The fraction of sp³-hybridized carbons (Fsp3) is 0.654. The Balaban J connectivity index is 1.71. The molecule has 0 saturated carbocycles. The molecule has 2 N–H and O–H groups in total. The molecule has 0 aliphatic carbocycles. The average molecular weight is 489 g/mol. The molecule has 3 rings (SSSR count). The van der Waals surface area contributed by atoms with Crippen LogP contribution in [0.15, 0.2) is 18.2 Å². The molecule has 3 amide bonds. The van der Waals surface area contributed by atoms with Crippen LogP contribution in [-0.4, -0.2) is 70.8 Å². The van der Waals surface area contributed by atoms with Crippen LogP contribution >= 0.6 is 0 Å². The highest BCUT2D eigenvalue weighted by Gasteiger charge is 2.34. The zero-order valence-electron chi connectivity index (χ0n) is 21.5. The minimum absolute atomic E-state index is 0.00408. The zero-order chi connectivity index (χ0) is 25.4. The number of anilines is 2. The van der Waals surface area contributed by atoms with Gasteiger partial charge < -0.3 is 29.9 Å². The van der Waals surface area contributed by atoms with Crippen LogP contribution < -0.4 is 25.2 Å². The minimum atomic E-state index is -0.295. The molecule has 194 valence electrons. The van der Waals surface area contributed by atoms with E-state index in [2.05, 4.69) is 24.5 Å². The molecule has 1 aromatic carbocycles. The van der Waals surface area contributed by atoms with Crippen molar-refractivity contribution in [3.8, 4) is 5.75 Å². The Hall–Kier alpha value is -2.65. The number of piperidine rings is 1. The molecule has 2 aliphatic rings. The minimum Gasteiger partial charge on any atom is -0.482 e. The Kier molecular flexibility index (Phi) is 9.92. The zero-order valence-corrected chi connectivity index (χ0v) is 21.5. The standard InChI is InChI=1S/C26H40N4O5/c1-5-29(26(33)20-13-19(15-27-16-20)25(32)28-10-9-18(2)3)21-7-8-23-22(14-21)30(11-6-12-34-4)24(31)17-35-23/h7-8,14,18-20,27H,5-6,9-13,15-17H2,1-4H3,(H,28,32)/t19-,20?/m0/s1. The van der Waals surface area contributed by atoms with E-state index in [9.17, 15) is 14.4 Å². The van der Waals surface area contributed by atoms with Gasteiger partial charge in [0.25, 0.3) is 5.91 Å². The Morgan fingerprint density at radius 2 is 2.06 bits per heavy atom. The lowest BCUT2D eigenvalue weighted by Gasteiger charge is -2.34. The number of nitrogens with zero attached hydrogens (tertiary/aromatic N) is 2. The number of fused-ring (bicyclic) bond motifs is 1. The van der Waals surface area contributed by atoms with Gasteiger partial charge >= 0.3 is 0 Å². The van der Waals surface area contributed by atoms with Gasteiger partial charge in [0.05, 0.1) is 17.5 Å². The third-order valence-electron chi connectivity index (χ3n) is 6.60. The molecule has 0 radical (unpaired) electrons. The molecular formula is C26H40N4O5. The predicted molar refractivity (Wildman–Crippen MR) is 136 cm³/mol. The van der Waals surface area contributed by atoms with Gasteiger partial charge in [-0.2, -0.15) is 0 Å². The maximum Gasteiger partial charge on any atom is 0.265 e. The van der Waals surface area contributed by atoms with Crippen LogP contribution in [-0.2, 0) is 19.1 Å². The van der Waals surface area contributed by atoms with Crippen molar-refractivity contribution in [2.45, 2.75) is 40.0 Å². The third kappa shape index (κ3) is 6.95. The van der Waals surface area contributed by atoms with Crippen molar-refractivity contribution in [3.63, 3.8) is 0 Å². The SMILES string of the molecule is CCN(C(=O)C1CNC[C@@H](C(=O)NCCC(C)C)C1)c1ccc2c(c1)N(CCCOC)C(=O)CO2. The molecule has 1 unspecified atom stereocenters. The van der Waals surface area contributed by atoms with Gasteiger partial charge in [-0.1, -0.05) is 13.8 Å². The summed E-state index contributed by atoms with van der Waals surface area (Å²) < 4.78 is 10.8. The predicted octanol–water partition coefficient (Wildman–Crippen LogP) is 2.19. The number of nitrogens with one attached hydrogen (secondary N) is 2. The fourth-order valence-electron chi connectivity index (χ4n) is 4.61. The van der Waals surface area contributed by atoms with Gasteiger partial charge in [-0.15, -0.1) is 0 Å². The van der Waals surface area contributed by atoms with Crippen molar-refractivity contribution in [1.29, 1.82) is 0 Å². The van der Waals surface area contributed by atoms with Crippen LogP contribution in [0.5, 0.6) is 5.75 Å². The first-order valence-corrected chi connectivity index (χ1v) is 12.7. The van der Waals surface area contributed by atoms with Crippen molar-refractivity contribution < 1.29 is 23.9 Å². The number of rotatable bonds is 11. The molecule has 0 aromatic heterocycles. The number of hydrogen-bond acceptors (Lipinski definition) is 6. The molecule has 2 heterocycles. The van der Waals surface area contributed by atoms with Crippen molar-refractivity contribution >= 4 is 29.1 Å². The van der Waals surface area contributed by atoms with Gasteiger partial charge in [0, 0.05) is 52.1 Å². The van der Waals surface area contributed by atoms with Crippen LogP contribution in [0.3, 0.4) is 0 Å². The summed E-state index contributed by atoms with van der Waals surface area (Å²) >= 11 is 0. The second-order valence-corrected chi connectivity index (χ2v) is 9.68. The molecule has 0 bridgehead atoms. The van der Waals surface area contributed by atoms with E-state index in [4.69, 9.17) is 9.47 Å². The van der Waals surface area contributed by atoms with Gasteiger partial charge in [-0.25, -0.2) is 0 Å². The molecule has 0 spiro atoms. The van der Waals surface area contributed by atoms with Crippen LogP contribution in [0.4, 0.5) is 11.4 Å². The molecule has 2 atom stereocenters. The number of hydrogen-bond donors (Lipinski definition) is 2. The van der Waals surface area contributed by atoms with E-state index in [0.29, 0.717) is 69.5 Å². The number of carbonyl (C=O) groups excluding carboxylic acids is 3. The summed E-state index contributed by atoms with van der Waals surface area (Å²) in [5.41, 5.74) is 1.39. The van der Waals surface area contributed by atoms with Crippen LogP contribution in [0.25, 0.3) is 0 Å². The summed E-state index contributed by atoms with van der Waals surface area (Å²) in [6, 6.07) is 5.53. The lowest BCUT2D eigenvalue weighted by Crippen LogP contribution is -2.49. The summed E-state index contributed by atoms with van der Waals surface area (Å²) in [4.78, 5) is 42.2. The highest BCUT2D eigenvalue weighted by molar-refractivity contribution is 6.00. The maximum atomic E-state index is 13.6. The molecule has 9 nitrogen and oxygen atoms in total. The van der Waals surface area contributed by atoms with Crippen molar-refractivity contribution in [2.24, 2.45) is 17.8 Å². The summed E-state index contributed by atoms with van der Waals surface area (Å²) in [5.74, 6) is 0.518. The van der Waals surface area contributed by atoms with Gasteiger partial charge in [-0.05, 0) is 50.3 Å².